The highest BCUT2D eigenvalue weighted by molar-refractivity contribution is 9.10. The fourth-order valence-corrected chi connectivity index (χ4v) is 4.95. The van der Waals surface area contributed by atoms with Gasteiger partial charge in [0.15, 0.2) is 0 Å². The molecule has 0 bridgehead atoms. The molecule has 1 aromatic heterocycles. The molecule has 0 aliphatic heterocycles. The van der Waals surface area contributed by atoms with Crippen molar-refractivity contribution in [2.75, 3.05) is 5.32 Å². The van der Waals surface area contributed by atoms with Gasteiger partial charge in [-0.2, -0.15) is 0 Å². The quantitative estimate of drug-likeness (QED) is 0.438. The van der Waals surface area contributed by atoms with Crippen molar-refractivity contribution in [1.29, 1.82) is 0 Å². The normalized spacial score (nSPS) is 10.8. The number of hydrogen-bond acceptors (Lipinski definition) is 4. The number of nitrogens with one attached hydrogen (secondary N) is 1. The van der Waals surface area contributed by atoms with E-state index < -0.39 is 0 Å². The molecule has 3 nitrogen and oxygen atoms in total. The Kier molecular flexibility index (Phi) is 6.73. The van der Waals surface area contributed by atoms with Gasteiger partial charge in [-0.15, -0.1) is 11.3 Å². The van der Waals surface area contributed by atoms with Crippen LogP contribution in [0.15, 0.2) is 50.6 Å². The van der Waals surface area contributed by atoms with Crippen LogP contribution in [0.5, 0.6) is 0 Å². The number of thioether (sulfide) groups is 1. The number of hydrogen-bond donors (Lipinski definition) is 1. The van der Waals surface area contributed by atoms with Gasteiger partial charge in [0.2, 0.25) is 5.91 Å². The lowest BCUT2D eigenvalue weighted by atomic mass is 10.0. The second-order valence-electron chi connectivity index (χ2n) is 6.52. The number of carbonyl (C=O) groups is 1. The predicted molar refractivity (Wildman–Crippen MR) is 119 cm³/mol. The third kappa shape index (κ3) is 5.67. The van der Waals surface area contributed by atoms with Gasteiger partial charge in [-0.3, -0.25) is 4.79 Å². The molecule has 0 aliphatic rings. The Morgan fingerprint density at radius 2 is 1.81 bits per heavy atom. The van der Waals surface area contributed by atoms with Crippen LogP contribution >= 0.6 is 39.0 Å². The summed E-state index contributed by atoms with van der Waals surface area (Å²) in [5.41, 5.74) is 6.36. The number of aryl methyl sites for hydroxylation is 3. The van der Waals surface area contributed by atoms with Gasteiger partial charge in [0, 0.05) is 21.3 Å². The molecule has 0 saturated heterocycles. The van der Waals surface area contributed by atoms with E-state index in [9.17, 15) is 4.79 Å². The first kappa shape index (κ1) is 20.1. The third-order valence-electron chi connectivity index (χ3n) is 4.09. The van der Waals surface area contributed by atoms with Crippen molar-refractivity contribution in [1.82, 2.24) is 4.98 Å². The second-order valence-corrected chi connectivity index (χ2v) is 9.51. The van der Waals surface area contributed by atoms with Crippen molar-refractivity contribution in [3.8, 4) is 0 Å². The van der Waals surface area contributed by atoms with E-state index in [0.717, 1.165) is 37.1 Å². The monoisotopic (exact) mass is 460 g/mol. The fraction of sp³-hybridized carbons (Fsp3) is 0.238. The minimum atomic E-state index is -0.0280. The Balaban J connectivity index is 1.57. The average molecular weight is 461 g/mol. The highest BCUT2D eigenvalue weighted by Crippen LogP contribution is 2.27. The Bertz CT molecular complexity index is 928. The third-order valence-corrected chi connectivity index (χ3v) is 6.76. The molecular weight excluding hydrogens is 440 g/mol. The molecule has 0 radical (unpaired) electrons. The Labute approximate surface area is 176 Å². The molecule has 6 heteroatoms. The molecule has 140 valence electrons. The molecule has 0 unspecified atom stereocenters. The first-order valence-corrected chi connectivity index (χ1v) is 11.3. The molecule has 2 aromatic carbocycles. The Hall–Kier alpha value is -1.63. The van der Waals surface area contributed by atoms with Crippen LogP contribution < -0.4 is 5.32 Å². The molecule has 0 spiro atoms. The summed E-state index contributed by atoms with van der Waals surface area (Å²) in [4.78, 5) is 17.0. The summed E-state index contributed by atoms with van der Waals surface area (Å²) < 4.78 is 2.07. The number of benzene rings is 2. The molecule has 0 fully saturated rings. The van der Waals surface area contributed by atoms with Gasteiger partial charge < -0.3 is 5.32 Å². The van der Waals surface area contributed by atoms with Crippen LogP contribution in [0.3, 0.4) is 0 Å². The summed E-state index contributed by atoms with van der Waals surface area (Å²) in [6.45, 7) is 6.11. The van der Waals surface area contributed by atoms with Gasteiger partial charge >= 0.3 is 0 Å². The summed E-state index contributed by atoms with van der Waals surface area (Å²) in [6.07, 6.45) is 0.294. The molecule has 1 heterocycles. The summed E-state index contributed by atoms with van der Waals surface area (Å²) in [5, 5.41) is 5.01. The van der Waals surface area contributed by atoms with Gasteiger partial charge in [0.25, 0.3) is 0 Å². The van der Waals surface area contributed by atoms with Crippen LogP contribution in [-0.2, 0) is 17.0 Å². The summed E-state index contributed by atoms with van der Waals surface area (Å²) >= 11 is 6.74. The lowest BCUT2D eigenvalue weighted by molar-refractivity contribution is -0.115. The van der Waals surface area contributed by atoms with Gasteiger partial charge in [0.1, 0.15) is 4.34 Å². The van der Waals surface area contributed by atoms with Crippen molar-refractivity contribution in [3.63, 3.8) is 0 Å². The summed E-state index contributed by atoms with van der Waals surface area (Å²) in [6, 6.07) is 12.5. The molecule has 0 aliphatic carbocycles. The number of rotatable bonds is 6. The van der Waals surface area contributed by atoms with Crippen LogP contribution in [0.1, 0.15) is 27.9 Å². The summed E-state index contributed by atoms with van der Waals surface area (Å²) in [7, 11) is 0. The number of amides is 1. The lowest BCUT2D eigenvalue weighted by Gasteiger charge is -2.12. The maximum Gasteiger partial charge on any atom is 0.230 e. The van der Waals surface area contributed by atoms with Gasteiger partial charge in [-0.1, -0.05) is 57.5 Å². The molecule has 1 N–H and O–H groups in total. The van der Waals surface area contributed by atoms with Crippen molar-refractivity contribution in [2.24, 2.45) is 0 Å². The van der Waals surface area contributed by atoms with Crippen LogP contribution in [0.25, 0.3) is 0 Å². The van der Waals surface area contributed by atoms with E-state index >= 15 is 0 Å². The zero-order valence-electron chi connectivity index (χ0n) is 15.5. The predicted octanol–water partition coefficient (Wildman–Crippen LogP) is 6.30. The zero-order chi connectivity index (χ0) is 19.4. The molecule has 1 amide bonds. The minimum Gasteiger partial charge on any atom is -0.325 e. The first-order valence-electron chi connectivity index (χ1n) is 8.60. The molecule has 0 atom stereocenters. The van der Waals surface area contributed by atoms with E-state index in [2.05, 4.69) is 57.4 Å². The second kappa shape index (κ2) is 9.04. The minimum absolute atomic E-state index is 0.0280. The standard InChI is InChI=1S/C21H21BrN2OS2/c1-13-8-14(2)20(15(3)9-13)24-19(25)10-18-12-27-21(23-18)26-11-16-4-6-17(22)7-5-16/h4-9,12H,10-11H2,1-3H3,(H,24,25). The number of anilines is 1. The van der Waals surface area contributed by atoms with Crippen molar-refractivity contribution >= 4 is 50.6 Å². The fourth-order valence-electron chi connectivity index (χ4n) is 2.89. The average Bonchev–Trinajstić information content (AvgIpc) is 3.05. The SMILES string of the molecule is Cc1cc(C)c(NC(=O)Cc2csc(SCc3ccc(Br)cc3)n2)c(C)c1. The molecule has 0 saturated carbocycles. The number of nitrogens with zero attached hydrogens (tertiary/aromatic N) is 1. The van der Waals surface area contributed by atoms with Crippen LogP contribution in [0, 0.1) is 20.8 Å². The highest BCUT2D eigenvalue weighted by Gasteiger charge is 2.11. The first-order chi connectivity index (χ1) is 12.9. The Morgan fingerprint density at radius 1 is 1.15 bits per heavy atom. The van der Waals surface area contributed by atoms with E-state index in [1.807, 2.05) is 31.4 Å². The lowest BCUT2D eigenvalue weighted by Crippen LogP contribution is -2.16. The van der Waals surface area contributed by atoms with Crippen LogP contribution in [0.4, 0.5) is 5.69 Å². The molecule has 3 rings (SSSR count). The van der Waals surface area contributed by atoms with Crippen molar-refractivity contribution in [2.45, 2.75) is 37.3 Å². The summed E-state index contributed by atoms with van der Waals surface area (Å²) in [5.74, 6) is 0.841. The van der Waals surface area contributed by atoms with Crippen molar-refractivity contribution in [3.05, 3.63) is 74.2 Å². The molecular formula is C21H21BrN2OS2. The van der Waals surface area contributed by atoms with E-state index in [0.29, 0.717) is 6.42 Å². The van der Waals surface area contributed by atoms with Crippen LogP contribution in [0.2, 0.25) is 0 Å². The van der Waals surface area contributed by atoms with Gasteiger partial charge in [0.05, 0.1) is 12.1 Å². The highest BCUT2D eigenvalue weighted by atomic mass is 79.9. The smallest absolute Gasteiger partial charge is 0.230 e. The number of halogens is 1. The van der Waals surface area contributed by atoms with E-state index in [-0.39, 0.29) is 5.91 Å². The number of thiazole rings is 1. The van der Waals surface area contributed by atoms with E-state index in [4.69, 9.17) is 0 Å². The maximum absolute atomic E-state index is 12.4. The topological polar surface area (TPSA) is 42.0 Å². The number of carbonyl (C=O) groups excluding carboxylic acids is 1. The molecule has 27 heavy (non-hydrogen) atoms. The van der Waals surface area contributed by atoms with E-state index in [1.54, 1.807) is 23.1 Å². The van der Waals surface area contributed by atoms with Gasteiger partial charge in [-0.05, 0) is 49.6 Å². The number of aromatic nitrogens is 1. The van der Waals surface area contributed by atoms with Gasteiger partial charge in [-0.25, -0.2) is 4.98 Å². The van der Waals surface area contributed by atoms with E-state index in [1.165, 1.54) is 11.1 Å². The zero-order valence-corrected chi connectivity index (χ0v) is 18.7. The maximum atomic E-state index is 12.4. The van der Waals surface area contributed by atoms with Crippen molar-refractivity contribution < 1.29 is 4.79 Å². The Morgan fingerprint density at radius 3 is 2.48 bits per heavy atom. The van der Waals surface area contributed by atoms with Crippen LogP contribution in [-0.4, -0.2) is 10.9 Å². The molecule has 3 aromatic rings. The largest absolute Gasteiger partial charge is 0.325 e.